The summed E-state index contributed by atoms with van der Waals surface area (Å²) in [6.07, 6.45) is -4.94. The smallest absolute Gasteiger partial charge is 0.416 e. The van der Waals surface area contributed by atoms with Gasteiger partial charge in [0.1, 0.15) is 5.75 Å². The van der Waals surface area contributed by atoms with E-state index in [9.17, 15) is 18.0 Å². The second-order valence-electron chi connectivity index (χ2n) is 5.95. The zero-order chi connectivity index (χ0) is 18.2. The van der Waals surface area contributed by atoms with Gasteiger partial charge in [-0.2, -0.15) is 13.2 Å². The molecule has 2 aromatic carbocycles. The van der Waals surface area contributed by atoms with Gasteiger partial charge in [0.2, 0.25) is 0 Å². The van der Waals surface area contributed by atoms with Gasteiger partial charge in [0.15, 0.2) is 6.10 Å². The molecule has 0 aromatic heterocycles. The number of alkyl halides is 3. The lowest BCUT2D eigenvalue weighted by Gasteiger charge is -2.24. The Morgan fingerprint density at radius 3 is 2.68 bits per heavy atom. The lowest BCUT2D eigenvalue weighted by molar-refractivity contribution is -0.137. The summed E-state index contributed by atoms with van der Waals surface area (Å²) in [4.78, 5) is 11.7. The van der Waals surface area contributed by atoms with Crippen LogP contribution in [0.15, 0.2) is 42.5 Å². The van der Waals surface area contributed by atoms with E-state index >= 15 is 0 Å². The van der Waals surface area contributed by atoms with Crippen LogP contribution in [0.1, 0.15) is 31.0 Å². The molecule has 7 heteroatoms. The Kier molecular flexibility index (Phi) is 4.32. The summed E-state index contributed by atoms with van der Waals surface area (Å²) in [6, 6.07) is 10.0. The van der Waals surface area contributed by atoms with E-state index in [4.69, 9.17) is 4.74 Å². The fourth-order valence-corrected chi connectivity index (χ4v) is 2.62. The van der Waals surface area contributed by atoms with Crippen LogP contribution in [0.2, 0.25) is 0 Å². The normalized spacial score (nSPS) is 18.0. The van der Waals surface area contributed by atoms with Gasteiger partial charge in [0, 0.05) is 11.7 Å². The maximum atomic E-state index is 12.8. The predicted molar refractivity (Wildman–Crippen MR) is 88.6 cm³/mol. The number of amides is 1. The van der Waals surface area contributed by atoms with E-state index in [2.05, 4.69) is 10.6 Å². The summed E-state index contributed by atoms with van der Waals surface area (Å²) in [5.74, 6) is 0.319. The van der Waals surface area contributed by atoms with Gasteiger partial charge in [-0.15, -0.1) is 0 Å². The lowest BCUT2D eigenvalue weighted by atomic mass is 10.0. The highest BCUT2D eigenvalue weighted by Gasteiger charge is 2.30. The molecule has 3 rings (SSSR count). The third kappa shape index (κ3) is 3.70. The van der Waals surface area contributed by atoms with Crippen LogP contribution in [0.5, 0.6) is 5.75 Å². The zero-order valence-electron chi connectivity index (χ0n) is 13.6. The number of carbonyl (C=O) groups is 1. The molecule has 4 nitrogen and oxygen atoms in total. The largest absolute Gasteiger partial charge is 0.479 e. The van der Waals surface area contributed by atoms with Crippen molar-refractivity contribution in [3.63, 3.8) is 0 Å². The van der Waals surface area contributed by atoms with Crippen molar-refractivity contribution in [3.8, 4) is 5.75 Å². The Balaban J connectivity index is 1.79. The Bertz CT molecular complexity index is 805. The van der Waals surface area contributed by atoms with Gasteiger partial charge in [-0.1, -0.05) is 12.1 Å². The SMILES string of the molecule is CC1Oc2ccc(NC(C)c3cccc(C(F)(F)F)c3)cc2NC1=O. The third-order valence-electron chi connectivity index (χ3n) is 4.01. The van der Waals surface area contributed by atoms with Crippen LogP contribution < -0.4 is 15.4 Å². The Labute approximate surface area is 143 Å². The van der Waals surface area contributed by atoms with Crippen molar-refractivity contribution in [2.45, 2.75) is 32.2 Å². The number of hydrogen-bond acceptors (Lipinski definition) is 3. The number of nitrogens with one attached hydrogen (secondary N) is 2. The van der Waals surface area contributed by atoms with E-state index in [-0.39, 0.29) is 11.9 Å². The van der Waals surface area contributed by atoms with Crippen molar-refractivity contribution in [2.24, 2.45) is 0 Å². The summed E-state index contributed by atoms with van der Waals surface area (Å²) >= 11 is 0. The van der Waals surface area contributed by atoms with Crippen LogP contribution in [0.4, 0.5) is 24.5 Å². The summed E-state index contributed by atoms with van der Waals surface area (Å²) in [7, 11) is 0. The topological polar surface area (TPSA) is 50.4 Å². The maximum absolute atomic E-state index is 12.8. The maximum Gasteiger partial charge on any atom is 0.416 e. The van der Waals surface area contributed by atoms with Crippen molar-refractivity contribution >= 4 is 17.3 Å². The third-order valence-corrected chi connectivity index (χ3v) is 4.01. The van der Waals surface area contributed by atoms with Crippen molar-refractivity contribution < 1.29 is 22.7 Å². The van der Waals surface area contributed by atoms with Crippen LogP contribution in [0.3, 0.4) is 0 Å². The summed E-state index contributed by atoms with van der Waals surface area (Å²) in [5.41, 5.74) is 1.03. The monoisotopic (exact) mass is 350 g/mol. The minimum Gasteiger partial charge on any atom is -0.479 e. The molecule has 0 aliphatic carbocycles. The fraction of sp³-hybridized carbons (Fsp3) is 0.278. The van der Waals surface area contributed by atoms with E-state index in [0.29, 0.717) is 22.7 Å². The molecule has 1 aliphatic heterocycles. The summed E-state index contributed by atoms with van der Waals surface area (Å²) in [6.45, 7) is 3.42. The molecule has 0 fully saturated rings. The average molecular weight is 350 g/mol. The molecule has 2 atom stereocenters. The van der Waals surface area contributed by atoms with E-state index < -0.39 is 17.8 Å². The molecule has 1 amide bonds. The van der Waals surface area contributed by atoms with E-state index in [1.807, 2.05) is 0 Å². The van der Waals surface area contributed by atoms with E-state index in [0.717, 1.165) is 12.1 Å². The van der Waals surface area contributed by atoms with Gasteiger partial charge in [-0.05, 0) is 49.7 Å². The molecule has 25 heavy (non-hydrogen) atoms. The van der Waals surface area contributed by atoms with Crippen LogP contribution in [-0.4, -0.2) is 12.0 Å². The Morgan fingerprint density at radius 2 is 1.96 bits per heavy atom. The Morgan fingerprint density at radius 1 is 1.20 bits per heavy atom. The van der Waals surface area contributed by atoms with Gasteiger partial charge in [0.05, 0.1) is 11.3 Å². The van der Waals surface area contributed by atoms with Gasteiger partial charge >= 0.3 is 6.18 Å². The van der Waals surface area contributed by atoms with Crippen molar-refractivity contribution in [1.82, 2.24) is 0 Å². The molecule has 1 aliphatic rings. The number of hydrogen-bond donors (Lipinski definition) is 2. The van der Waals surface area contributed by atoms with Gasteiger partial charge in [0.25, 0.3) is 5.91 Å². The number of halogens is 3. The molecule has 0 spiro atoms. The molecule has 2 N–H and O–H groups in total. The molecular formula is C18H17F3N2O2. The van der Waals surface area contributed by atoms with Crippen LogP contribution in [0, 0.1) is 0 Å². The quantitative estimate of drug-likeness (QED) is 0.851. The predicted octanol–water partition coefficient (Wildman–Crippen LogP) is 4.60. The molecule has 0 saturated carbocycles. The molecule has 1 heterocycles. The second-order valence-corrected chi connectivity index (χ2v) is 5.95. The summed E-state index contributed by atoms with van der Waals surface area (Å²) in [5, 5.41) is 5.88. The number of fused-ring (bicyclic) bond motifs is 1. The second kappa shape index (κ2) is 6.31. The first-order chi connectivity index (χ1) is 11.7. The first kappa shape index (κ1) is 17.1. The van der Waals surface area contributed by atoms with E-state index in [1.54, 1.807) is 38.1 Å². The Hall–Kier alpha value is -2.70. The number of ether oxygens (including phenoxy) is 1. The number of benzene rings is 2. The van der Waals surface area contributed by atoms with Gasteiger partial charge < -0.3 is 15.4 Å². The molecular weight excluding hydrogens is 333 g/mol. The first-order valence-electron chi connectivity index (χ1n) is 7.79. The van der Waals surface area contributed by atoms with E-state index in [1.165, 1.54) is 6.07 Å². The number of anilines is 2. The highest BCUT2D eigenvalue weighted by atomic mass is 19.4. The number of carbonyl (C=O) groups excluding carboxylic acids is 1. The highest BCUT2D eigenvalue weighted by molar-refractivity contribution is 5.98. The molecule has 0 bridgehead atoms. The van der Waals surface area contributed by atoms with Crippen LogP contribution in [-0.2, 0) is 11.0 Å². The van der Waals surface area contributed by atoms with Crippen molar-refractivity contribution in [2.75, 3.05) is 10.6 Å². The lowest BCUT2D eigenvalue weighted by Crippen LogP contribution is -2.34. The molecule has 132 valence electrons. The van der Waals surface area contributed by atoms with Gasteiger partial charge in [-0.25, -0.2) is 0 Å². The van der Waals surface area contributed by atoms with Crippen molar-refractivity contribution in [1.29, 1.82) is 0 Å². The molecule has 2 unspecified atom stereocenters. The van der Waals surface area contributed by atoms with Crippen molar-refractivity contribution in [3.05, 3.63) is 53.6 Å². The van der Waals surface area contributed by atoms with Crippen LogP contribution in [0.25, 0.3) is 0 Å². The fourth-order valence-electron chi connectivity index (χ4n) is 2.62. The molecule has 2 aromatic rings. The number of rotatable bonds is 3. The molecule has 0 radical (unpaired) electrons. The molecule has 0 saturated heterocycles. The average Bonchev–Trinajstić information content (AvgIpc) is 2.55. The van der Waals surface area contributed by atoms with Gasteiger partial charge in [-0.3, -0.25) is 4.79 Å². The van der Waals surface area contributed by atoms with Crippen LogP contribution >= 0.6 is 0 Å². The highest BCUT2D eigenvalue weighted by Crippen LogP contribution is 2.34. The standard InChI is InChI=1S/C18H17F3N2O2/c1-10(12-4-3-5-13(8-12)18(19,20)21)22-14-6-7-16-15(9-14)23-17(24)11(2)25-16/h3-11,22H,1-2H3,(H,23,24). The summed E-state index contributed by atoms with van der Waals surface area (Å²) < 4.78 is 44.0. The minimum atomic E-state index is -4.38. The first-order valence-corrected chi connectivity index (χ1v) is 7.79. The zero-order valence-corrected chi connectivity index (χ0v) is 13.6. The minimum absolute atomic E-state index is 0.240.